The van der Waals surface area contributed by atoms with E-state index in [0.717, 1.165) is 68.8 Å². The molecule has 52 heavy (non-hydrogen) atoms. The fraction of sp³-hybridized carbons (Fsp3) is 0.579. The van der Waals surface area contributed by atoms with Gasteiger partial charge in [0.2, 0.25) is 0 Å². The Morgan fingerprint density at radius 1 is 0.904 bits per heavy atom. The molecule has 0 saturated carbocycles. The minimum absolute atomic E-state index is 0.00360. The number of phenols is 1. The highest BCUT2D eigenvalue weighted by Gasteiger charge is 2.36. The van der Waals surface area contributed by atoms with Gasteiger partial charge in [0, 0.05) is 76.5 Å². The molecule has 2 aromatic rings. The Morgan fingerprint density at radius 2 is 1.62 bits per heavy atom. The van der Waals surface area contributed by atoms with E-state index in [0.29, 0.717) is 70.1 Å². The summed E-state index contributed by atoms with van der Waals surface area (Å²) in [6.45, 7) is 8.91. The van der Waals surface area contributed by atoms with E-state index in [-0.39, 0.29) is 36.1 Å². The fourth-order valence-corrected chi connectivity index (χ4v) is 8.03. The van der Waals surface area contributed by atoms with E-state index in [2.05, 4.69) is 15.1 Å². The minimum Gasteiger partial charge on any atom is -0.509 e. The maximum Gasteiger partial charge on any atom is 0.410 e. The molecule has 0 bridgehead atoms. The zero-order valence-corrected chi connectivity index (χ0v) is 30.6. The molecule has 280 valence electrons. The van der Waals surface area contributed by atoms with Crippen molar-refractivity contribution in [2.75, 3.05) is 77.4 Å². The first-order valence-electron chi connectivity index (χ1n) is 19.0. The van der Waals surface area contributed by atoms with Gasteiger partial charge in [-0.3, -0.25) is 14.5 Å². The number of likely N-dealkylation sites (tertiary alicyclic amines) is 2. The Morgan fingerprint density at radius 3 is 2.33 bits per heavy atom. The topological polar surface area (TPSA) is 135 Å². The number of hydrogen-bond donors (Lipinski definition) is 2. The molecule has 4 heterocycles. The first-order valence-corrected chi connectivity index (χ1v) is 19.0. The highest BCUT2D eigenvalue weighted by Crippen LogP contribution is 2.26. The van der Waals surface area contributed by atoms with Gasteiger partial charge in [0.05, 0.1) is 13.0 Å². The van der Waals surface area contributed by atoms with Crippen molar-refractivity contribution in [3.8, 4) is 5.75 Å². The van der Waals surface area contributed by atoms with Crippen LogP contribution in [-0.4, -0.2) is 152 Å². The molecule has 4 amide bonds. The van der Waals surface area contributed by atoms with Gasteiger partial charge in [-0.25, -0.2) is 9.59 Å². The number of hydrogen-bond acceptors (Lipinski definition) is 9. The normalized spacial score (nSPS) is 20.1. The van der Waals surface area contributed by atoms with Crippen molar-refractivity contribution in [1.82, 2.24) is 24.5 Å². The van der Waals surface area contributed by atoms with Crippen LogP contribution in [0.1, 0.15) is 50.2 Å². The number of benzene rings is 2. The molecule has 4 aliphatic rings. The van der Waals surface area contributed by atoms with Gasteiger partial charge >= 0.3 is 18.1 Å². The van der Waals surface area contributed by atoms with Crippen LogP contribution in [0.4, 0.5) is 15.3 Å². The lowest BCUT2D eigenvalue weighted by Crippen LogP contribution is -2.56. The van der Waals surface area contributed by atoms with Crippen molar-refractivity contribution in [3.05, 3.63) is 53.6 Å². The molecular weight excluding hydrogens is 663 g/mol. The van der Waals surface area contributed by atoms with E-state index in [1.807, 2.05) is 47.1 Å². The zero-order chi connectivity index (χ0) is 36.6. The second kappa shape index (κ2) is 17.5. The highest BCUT2D eigenvalue weighted by molar-refractivity contribution is 6.34. The quantitative estimate of drug-likeness (QED) is 0.279. The van der Waals surface area contributed by atoms with Crippen molar-refractivity contribution in [3.63, 3.8) is 0 Å². The van der Waals surface area contributed by atoms with Crippen molar-refractivity contribution in [1.29, 1.82) is 0 Å². The average Bonchev–Trinajstić information content (AvgIpc) is 3.33. The molecule has 2 aromatic carbocycles. The third-order valence-corrected chi connectivity index (χ3v) is 11.1. The Bertz CT molecular complexity index is 1570. The van der Waals surface area contributed by atoms with Crippen LogP contribution < -0.4 is 10.8 Å². The summed E-state index contributed by atoms with van der Waals surface area (Å²) in [5.41, 5.74) is 3.46. The molecule has 0 unspecified atom stereocenters. The molecule has 14 heteroatoms. The summed E-state index contributed by atoms with van der Waals surface area (Å²) in [5.74, 6) is -0.178. The predicted octanol–water partition coefficient (Wildman–Crippen LogP) is 1.81. The maximum atomic E-state index is 14.1. The second-order valence-electron chi connectivity index (χ2n) is 14.4. The predicted molar refractivity (Wildman–Crippen MR) is 200 cm³/mol. The van der Waals surface area contributed by atoms with Gasteiger partial charge < -0.3 is 39.5 Å². The lowest BCUT2D eigenvalue weighted by atomic mass is 9.91. The number of piperazine rings is 1. The number of piperidine rings is 2. The summed E-state index contributed by atoms with van der Waals surface area (Å²) in [6.07, 6.45) is 3.16. The van der Waals surface area contributed by atoms with E-state index in [4.69, 9.17) is 9.47 Å². The van der Waals surface area contributed by atoms with Crippen molar-refractivity contribution < 1.29 is 33.8 Å². The Labute approximate surface area is 307 Å². The van der Waals surface area contributed by atoms with Crippen LogP contribution in [0.3, 0.4) is 0 Å². The number of fused-ring (bicyclic) bond motifs is 1. The average molecular weight is 717 g/mol. The number of carbonyl (C=O) groups excluding carboxylic acids is 4. The monoisotopic (exact) mass is 716 g/mol. The number of nitrogens with one attached hydrogen (secondary N) is 1. The largest absolute Gasteiger partial charge is 0.509 e. The Kier molecular flexibility index (Phi) is 12.6. The number of amides is 4. The number of ether oxygens (including phenoxy) is 2. The number of anilines is 1. The van der Waals surface area contributed by atoms with Crippen molar-refractivity contribution >= 4 is 43.0 Å². The summed E-state index contributed by atoms with van der Waals surface area (Å²) in [4.78, 5) is 62.7. The molecule has 0 radical (unpaired) electrons. The van der Waals surface area contributed by atoms with Gasteiger partial charge in [0.25, 0.3) is 5.91 Å². The Hall–Kier alpha value is -4.30. The van der Waals surface area contributed by atoms with E-state index >= 15 is 0 Å². The first kappa shape index (κ1) is 37.5. The van der Waals surface area contributed by atoms with Gasteiger partial charge in [-0.05, 0) is 80.8 Å². The zero-order valence-electron chi connectivity index (χ0n) is 30.6. The third kappa shape index (κ3) is 9.38. The van der Waals surface area contributed by atoms with E-state index < -0.39 is 12.2 Å². The number of carbonyl (C=O) groups is 4. The lowest BCUT2D eigenvalue weighted by molar-refractivity contribution is -0.144. The van der Waals surface area contributed by atoms with E-state index in [9.17, 15) is 24.3 Å². The molecule has 3 fully saturated rings. The number of para-hydroxylation sites is 1. The fourth-order valence-electron chi connectivity index (χ4n) is 8.03. The third-order valence-electron chi connectivity index (χ3n) is 11.1. The number of nitrogens with zero attached hydrogens (tertiary/aromatic N) is 5. The van der Waals surface area contributed by atoms with Crippen LogP contribution in [0.5, 0.6) is 5.75 Å². The van der Waals surface area contributed by atoms with Gasteiger partial charge in [0.1, 0.15) is 13.6 Å². The van der Waals surface area contributed by atoms with Gasteiger partial charge in [-0.2, -0.15) is 0 Å². The number of esters is 1. The number of urea groups is 1. The summed E-state index contributed by atoms with van der Waals surface area (Å²) < 4.78 is 11.1. The SMILES string of the molecule is Bc1cc(C[C@@H](OC(=O)N2CCC(N3CCc4ccccc4NC3=O)CC2)C(=O)N2CCN(C3CCN(CCC(=O)OCC)CC3)CC2)ccc1O. The van der Waals surface area contributed by atoms with E-state index in [1.165, 1.54) is 0 Å². The van der Waals surface area contributed by atoms with Gasteiger partial charge in [-0.1, -0.05) is 30.3 Å². The molecular formula is C38H53BN6O7. The molecule has 4 aliphatic heterocycles. The molecule has 6 rings (SSSR count). The van der Waals surface area contributed by atoms with Gasteiger partial charge in [0.15, 0.2) is 6.10 Å². The lowest BCUT2D eigenvalue weighted by Gasteiger charge is -2.43. The summed E-state index contributed by atoms with van der Waals surface area (Å²) in [6, 6.07) is 13.4. The summed E-state index contributed by atoms with van der Waals surface area (Å²) in [5, 5.41) is 13.1. The molecule has 0 aliphatic carbocycles. The summed E-state index contributed by atoms with van der Waals surface area (Å²) in [7, 11) is 1.80. The number of aromatic hydroxyl groups is 1. The van der Waals surface area contributed by atoms with Crippen LogP contribution in [0, 0.1) is 0 Å². The smallest absolute Gasteiger partial charge is 0.410 e. The van der Waals surface area contributed by atoms with Crippen LogP contribution in [0.2, 0.25) is 0 Å². The highest BCUT2D eigenvalue weighted by atomic mass is 16.6. The van der Waals surface area contributed by atoms with Crippen LogP contribution in [-0.2, 0) is 31.9 Å². The minimum atomic E-state index is -1.00. The first-order chi connectivity index (χ1) is 25.2. The number of phenolic OH excluding ortho intramolecular Hbond substituents is 1. The molecule has 0 spiro atoms. The second-order valence-corrected chi connectivity index (χ2v) is 14.4. The molecule has 3 saturated heterocycles. The van der Waals surface area contributed by atoms with Crippen molar-refractivity contribution in [2.45, 2.75) is 70.1 Å². The van der Waals surface area contributed by atoms with E-state index in [1.54, 1.807) is 24.9 Å². The molecule has 1 atom stereocenters. The van der Waals surface area contributed by atoms with Crippen LogP contribution in [0.15, 0.2) is 42.5 Å². The van der Waals surface area contributed by atoms with Crippen molar-refractivity contribution in [2.24, 2.45) is 0 Å². The number of rotatable bonds is 10. The maximum absolute atomic E-state index is 14.1. The molecule has 2 N–H and O–H groups in total. The van der Waals surface area contributed by atoms with Gasteiger partial charge in [-0.15, -0.1) is 0 Å². The van der Waals surface area contributed by atoms with Crippen LogP contribution in [0.25, 0.3) is 0 Å². The standard InChI is InChI=1S/C38H53BN6O7/c1-2-51-35(47)14-17-41-15-10-29(11-16-41)42-21-23-43(24-22-42)36(48)34(26-27-7-8-33(46)31(39)25-27)52-38(50)44-18-12-30(13-19-44)45-20-9-28-5-3-4-6-32(28)40-37(45)49/h3-8,25,29-30,34,46H,2,9-24,26,39H2,1H3,(H,40,49)/t34-/m1/s1. The Balaban J connectivity index is 1.02. The molecule has 0 aromatic heterocycles. The van der Waals surface area contributed by atoms with Crippen LogP contribution >= 0.6 is 0 Å². The summed E-state index contributed by atoms with van der Waals surface area (Å²) >= 11 is 0. The molecule has 13 nitrogen and oxygen atoms in total.